The molecule has 0 saturated carbocycles. The van der Waals surface area contributed by atoms with E-state index in [1.54, 1.807) is 7.05 Å². The molecular formula is C10H19ClN2O3. The van der Waals surface area contributed by atoms with Gasteiger partial charge in [-0.05, 0) is 13.5 Å². The molecule has 0 unspecified atom stereocenters. The van der Waals surface area contributed by atoms with Crippen LogP contribution in [0.1, 0.15) is 12.8 Å². The molecule has 2 heterocycles. The number of hydrogen-bond acceptors (Lipinski definition) is 4. The van der Waals surface area contributed by atoms with E-state index in [0.717, 1.165) is 19.4 Å². The monoisotopic (exact) mass is 250 g/mol. The van der Waals surface area contributed by atoms with Crippen LogP contribution in [0.15, 0.2) is 0 Å². The highest BCUT2D eigenvalue weighted by Crippen LogP contribution is 2.29. The van der Waals surface area contributed by atoms with Crippen LogP contribution in [0.2, 0.25) is 0 Å². The molecule has 16 heavy (non-hydrogen) atoms. The number of likely N-dealkylation sites (tertiary alicyclic amines) is 1. The van der Waals surface area contributed by atoms with Gasteiger partial charge in [0.05, 0.1) is 26.3 Å². The zero-order valence-electron chi connectivity index (χ0n) is 9.53. The van der Waals surface area contributed by atoms with Crippen LogP contribution in [0.25, 0.3) is 0 Å². The summed E-state index contributed by atoms with van der Waals surface area (Å²) >= 11 is 0. The zero-order chi connectivity index (χ0) is 10.7. The molecule has 2 fully saturated rings. The van der Waals surface area contributed by atoms with E-state index in [1.807, 2.05) is 4.90 Å². The largest absolute Gasteiger partial charge is 0.346 e. The summed E-state index contributed by atoms with van der Waals surface area (Å²) < 4.78 is 11.2. The number of hydrogen-bond donors (Lipinski definition) is 1. The Labute approximate surface area is 102 Å². The Balaban J connectivity index is 0.00000128. The maximum absolute atomic E-state index is 11.7. The number of piperidine rings is 1. The predicted octanol–water partition coefficient (Wildman–Crippen LogP) is -0.00690. The Bertz CT molecular complexity index is 244. The maximum Gasteiger partial charge on any atom is 0.236 e. The summed E-state index contributed by atoms with van der Waals surface area (Å²) in [7, 11) is 1.78. The second-order valence-electron chi connectivity index (χ2n) is 4.06. The van der Waals surface area contributed by atoms with Crippen molar-refractivity contribution in [3.8, 4) is 0 Å². The maximum atomic E-state index is 11.7. The molecule has 0 aromatic rings. The summed E-state index contributed by atoms with van der Waals surface area (Å²) in [5.74, 6) is -0.377. The SMILES string of the molecule is CNCC(=O)N1CCCC2(C1)OCCO2.Cl. The molecule has 0 aromatic carbocycles. The molecule has 6 heteroatoms. The zero-order valence-corrected chi connectivity index (χ0v) is 10.3. The van der Waals surface area contributed by atoms with Gasteiger partial charge in [-0.1, -0.05) is 0 Å². The number of carbonyl (C=O) groups excluding carboxylic acids is 1. The fourth-order valence-electron chi connectivity index (χ4n) is 2.20. The minimum absolute atomic E-state index is 0. The molecule has 0 aliphatic carbocycles. The first kappa shape index (κ1) is 13.7. The fourth-order valence-corrected chi connectivity index (χ4v) is 2.20. The average Bonchev–Trinajstić information content (AvgIpc) is 2.67. The molecule has 0 atom stereocenters. The molecule has 2 aliphatic rings. The van der Waals surface area contributed by atoms with Crippen LogP contribution < -0.4 is 5.32 Å². The Morgan fingerprint density at radius 2 is 2.12 bits per heavy atom. The van der Waals surface area contributed by atoms with Crippen molar-refractivity contribution in [1.29, 1.82) is 0 Å². The van der Waals surface area contributed by atoms with Gasteiger partial charge in [-0.15, -0.1) is 12.4 Å². The van der Waals surface area contributed by atoms with E-state index in [1.165, 1.54) is 0 Å². The number of likely N-dealkylation sites (N-methyl/N-ethyl adjacent to an activating group) is 1. The summed E-state index contributed by atoms with van der Waals surface area (Å²) in [6.07, 6.45) is 1.85. The summed E-state index contributed by atoms with van der Waals surface area (Å²) in [5.41, 5.74) is 0. The molecule has 0 radical (unpaired) electrons. The number of amides is 1. The first-order valence-corrected chi connectivity index (χ1v) is 5.46. The molecule has 5 nitrogen and oxygen atoms in total. The third-order valence-corrected chi connectivity index (χ3v) is 2.91. The lowest BCUT2D eigenvalue weighted by molar-refractivity contribution is -0.192. The van der Waals surface area contributed by atoms with Gasteiger partial charge < -0.3 is 19.7 Å². The Morgan fingerprint density at radius 1 is 1.44 bits per heavy atom. The molecule has 2 saturated heterocycles. The molecular weight excluding hydrogens is 232 g/mol. The van der Waals surface area contributed by atoms with E-state index in [9.17, 15) is 4.79 Å². The van der Waals surface area contributed by atoms with Crippen molar-refractivity contribution >= 4 is 18.3 Å². The van der Waals surface area contributed by atoms with E-state index in [-0.39, 0.29) is 18.3 Å². The van der Waals surface area contributed by atoms with E-state index < -0.39 is 5.79 Å². The van der Waals surface area contributed by atoms with Crippen LogP contribution in [0.5, 0.6) is 0 Å². The van der Waals surface area contributed by atoms with Crippen LogP contribution in [-0.4, -0.2) is 56.5 Å². The van der Waals surface area contributed by atoms with Crippen molar-refractivity contribution in [2.24, 2.45) is 0 Å². The molecule has 1 N–H and O–H groups in total. The highest BCUT2D eigenvalue weighted by molar-refractivity contribution is 5.85. The van der Waals surface area contributed by atoms with Crippen molar-refractivity contribution < 1.29 is 14.3 Å². The van der Waals surface area contributed by atoms with E-state index in [2.05, 4.69) is 5.32 Å². The molecule has 1 spiro atoms. The Morgan fingerprint density at radius 3 is 2.75 bits per heavy atom. The van der Waals surface area contributed by atoms with Gasteiger partial charge in [-0.25, -0.2) is 0 Å². The van der Waals surface area contributed by atoms with Crippen LogP contribution in [0.3, 0.4) is 0 Å². The lowest BCUT2D eigenvalue weighted by Gasteiger charge is -2.38. The second-order valence-corrected chi connectivity index (χ2v) is 4.06. The number of rotatable bonds is 2. The van der Waals surface area contributed by atoms with E-state index in [4.69, 9.17) is 9.47 Å². The summed E-state index contributed by atoms with van der Waals surface area (Å²) in [6.45, 7) is 3.07. The number of ether oxygens (including phenoxy) is 2. The summed E-state index contributed by atoms with van der Waals surface area (Å²) in [6, 6.07) is 0. The number of halogens is 1. The third-order valence-electron chi connectivity index (χ3n) is 2.91. The lowest BCUT2D eigenvalue weighted by atomic mass is 10.0. The number of nitrogens with one attached hydrogen (secondary N) is 1. The fraction of sp³-hybridized carbons (Fsp3) is 0.900. The van der Waals surface area contributed by atoms with Gasteiger partial charge in [-0.2, -0.15) is 0 Å². The second kappa shape index (κ2) is 5.82. The van der Waals surface area contributed by atoms with Crippen LogP contribution in [0.4, 0.5) is 0 Å². The topological polar surface area (TPSA) is 50.8 Å². The van der Waals surface area contributed by atoms with Crippen molar-refractivity contribution in [2.75, 3.05) is 39.9 Å². The van der Waals surface area contributed by atoms with Crippen molar-refractivity contribution in [2.45, 2.75) is 18.6 Å². The predicted molar refractivity (Wildman–Crippen MR) is 61.6 cm³/mol. The first-order chi connectivity index (χ1) is 7.26. The van der Waals surface area contributed by atoms with Crippen LogP contribution in [0, 0.1) is 0 Å². The first-order valence-electron chi connectivity index (χ1n) is 5.46. The minimum atomic E-state index is -0.498. The van der Waals surface area contributed by atoms with Gasteiger partial charge in [0.25, 0.3) is 0 Å². The quantitative estimate of drug-likeness (QED) is 0.749. The standard InChI is InChI=1S/C10H18N2O3.ClH/c1-11-7-9(13)12-4-2-3-10(8-12)14-5-6-15-10;/h11H,2-8H2,1H3;1H. The van der Waals surface area contributed by atoms with Crippen molar-refractivity contribution in [3.05, 3.63) is 0 Å². The molecule has 2 rings (SSSR count). The van der Waals surface area contributed by atoms with Crippen LogP contribution in [-0.2, 0) is 14.3 Å². The minimum Gasteiger partial charge on any atom is -0.346 e. The van der Waals surface area contributed by atoms with Crippen molar-refractivity contribution in [1.82, 2.24) is 10.2 Å². The van der Waals surface area contributed by atoms with Gasteiger partial charge in [0.2, 0.25) is 5.91 Å². The molecule has 94 valence electrons. The van der Waals surface area contributed by atoms with E-state index in [0.29, 0.717) is 26.3 Å². The Hall–Kier alpha value is -0.360. The average molecular weight is 251 g/mol. The highest BCUT2D eigenvalue weighted by atomic mass is 35.5. The lowest BCUT2D eigenvalue weighted by Crippen LogP contribution is -2.52. The molecule has 2 aliphatic heterocycles. The van der Waals surface area contributed by atoms with Gasteiger partial charge in [0.1, 0.15) is 0 Å². The van der Waals surface area contributed by atoms with E-state index >= 15 is 0 Å². The van der Waals surface area contributed by atoms with Crippen molar-refractivity contribution in [3.63, 3.8) is 0 Å². The normalized spacial score (nSPS) is 23.2. The van der Waals surface area contributed by atoms with Crippen LogP contribution >= 0.6 is 12.4 Å². The smallest absolute Gasteiger partial charge is 0.236 e. The molecule has 0 bridgehead atoms. The number of nitrogens with zero attached hydrogens (tertiary/aromatic N) is 1. The molecule has 0 aromatic heterocycles. The van der Waals surface area contributed by atoms with Gasteiger partial charge in [0.15, 0.2) is 5.79 Å². The summed E-state index contributed by atoms with van der Waals surface area (Å²) in [5, 5.41) is 2.87. The summed E-state index contributed by atoms with van der Waals surface area (Å²) in [4.78, 5) is 13.5. The van der Waals surface area contributed by atoms with Gasteiger partial charge in [-0.3, -0.25) is 4.79 Å². The van der Waals surface area contributed by atoms with Gasteiger partial charge in [0, 0.05) is 13.0 Å². The Kier molecular flexibility index (Phi) is 4.98. The number of carbonyl (C=O) groups is 1. The third kappa shape index (κ3) is 2.85. The molecule has 1 amide bonds. The highest BCUT2D eigenvalue weighted by Gasteiger charge is 2.41. The van der Waals surface area contributed by atoms with Gasteiger partial charge >= 0.3 is 0 Å².